The molecule has 1 aromatic carbocycles. The number of primary amides is 1. The highest BCUT2D eigenvalue weighted by atomic mass is 16.1. The lowest BCUT2D eigenvalue weighted by molar-refractivity contribution is -0.125. The van der Waals surface area contributed by atoms with Gasteiger partial charge in [-0.15, -0.1) is 0 Å². The summed E-state index contributed by atoms with van der Waals surface area (Å²) in [6, 6.07) is 9.67. The summed E-state index contributed by atoms with van der Waals surface area (Å²) in [5.41, 5.74) is 5.78. The molecule has 0 aliphatic heterocycles. The molecule has 0 radical (unpaired) electrons. The monoisotopic (exact) mass is 249 g/mol. The van der Waals surface area contributed by atoms with Crippen molar-refractivity contribution in [2.75, 3.05) is 27.2 Å². The van der Waals surface area contributed by atoms with Gasteiger partial charge in [0.15, 0.2) is 0 Å². The quantitative estimate of drug-likeness (QED) is 0.756. The summed E-state index contributed by atoms with van der Waals surface area (Å²) in [4.78, 5) is 13.9. The first kappa shape index (κ1) is 14.7. The van der Waals surface area contributed by atoms with Gasteiger partial charge in [0.2, 0.25) is 5.91 Å². The van der Waals surface area contributed by atoms with Gasteiger partial charge in [0.25, 0.3) is 0 Å². The average molecular weight is 249 g/mol. The minimum absolute atomic E-state index is 0.324. The van der Waals surface area contributed by atoms with Gasteiger partial charge in [0.05, 0.1) is 0 Å². The normalized spacial score (nSPS) is 14.4. The van der Waals surface area contributed by atoms with E-state index in [2.05, 4.69) is 10.2 Å². The van der Waals surface area contributed by atoms with Gasteiger partial charge >= 0.3 is 0 Å². The highest BCUT2D eigenvalue weighted by Crippen LogP contribution is 2.24. The van der Waals surface area contributed by atoms with Crippen molar-refractivity contribution in [2.24, 2.45) is 5.73 Å². The van der Waals surface area contributed by atoms with Crippen molar-refractivity contribution in [3.05, 3.63) is 35.9 Å². The Bertz CT molecular complexity index is 378. The van der Waals surface area contributed by atoms with Crippen LogP contribution in [0.5, 0.6) is 0 Å². The predicted molar refractivity (Wildman–Crippen MR) is 74.2 cm³/mol. The van der Waals surface area contributed by atoms with Crippen molar-refractivity contribution in [3.8, 4) is 0 Å². The molecule has 1 amide bonds. The number of carbonyl (C=O) groups excluding carboxylic acids is 1. The topological polar surface area (TPSA) is 58.4 Å². The molecule has 0 bridgehead atoms. The molecule has 0 fully saturated rings. The van der Waals surface area contributed by atoms with Crippen LogP contribution >= 0.6 is 0 Å². The first-order valence-corrected chi connectivity index (χ1v) is 6.28. The lowest BCUT2D eigenvalue weighted by Gasteiger charge is -2.32. The van der Waals surface area contributed by atoms with E-state index in [1.54, 1.807) is 0 Å². The smallest absolute Gasteiger partial charge is 0.242 e. The number of likely N-dealkylation sites (N-methyl/N-ethyl adjacent to an activating group) is 1. The molecule has 18 heavy (non-hydrogen) atoms. The number of hydrogen-bond donors (Lipinski definition) is 2. The Labute approximate surface area is 109 Å². The van der Waals surface area contributed by atoms with Crippen LogP contribution in [0, 0.1) is 0 Å². The number of rotatable bonds is 7. The molecule has 0 saturated carbocycles. The molecule has 100 valence electrons. The van der Waals surface area contributed by atoms with Gasteiger partial charge in [-0.25, -0.2) is 0 Å². The van der Waals surface area contributed by atoms with Gasteiger partial charge in [-0.05, 0) is 26.1 Å². The second-order valence-electron chi connectivity index (χ2n) is 4.72. The lowest BCUT2D eigenvalue weighted by atomic mass is 9.86. The van der Waals surface area contributed by atoms with Gasteiger partial charge in [0, 0.05) is 13.1 Å². The van der Waals surface area contributed by atoms with E-state index in [9.17, 15) is 4.79 Å². The fraction of sp³-hybridized carbons (Fsp3) is 0.500. The summed E-state index contributed by atoms with van der Waals surface area (Å²) in [5.74, 6) is -0.324. The Morgan fingerprint density at radius 1 is 1.33 bits per heavy atom. The zero-order valence-electron chi connectivity index (χ0n) is 11.4. The van der Waals surface area contributed by atoms with Crippen molar-refractivity contribution >= 4 is 5.91 Å². The summed E-state index contributed by atoms with van der Waals surface area (Å²) in [7, 11) is 4.00. The summed E-state index contributed by atoms with van der Waals surface area (Å²) in [5, 5.41) is 3.31. The molecule has 3 N–H and O–H groups in total. The van der Waals surface area contributed by atoms with Crippen LogP contribution in [0.4, 0.5) is 0 Å². The molecule has 4 nitrogen and oxygen atoms in total. The number of carbonyl (C=O) groups is 1. The zero-order valence-corrected chi connectivity index (χ0v) is 11.4. The maximum Gasteiger partial charge on any atom is 0.242 e. The number of nitrogens with one attached hydrogen (secondary N) is 1. The Morgan fingerprint density at radius 2 is 1.94 bits per heavy atom. The van der Waals surface area contributed by atoms with Crippen LogP contribution in [-0.2, 0) is 10.3 Å². The Kier molecular flexibility index (Phi) is 5.31. The zero-order chi connectivity index (χ0) is 13.6. The van der Waals surface area contributed by atoms with Crippen molar-refractivity contribution in [1.82, 2.24) is 10.2 Å². The van der Waals surface area contributed by atoms with Gasteiger partial charge in [-0.2, -0.15) is 0 Å². The molecule has 4 heteroatoms. The molecule has 0 heterocycles. The second-order valence-corrected chi connectivity index (χ2v) is 4.72. The summed E-state index contributed by atoms with van der Waals surface area (Å²) in [6.45, 7) is 3.56. The maximum absolute atomic E-state index is 11.9. The van der Waals surface area contributed by atoms with E-state index in [1.165, 1.54) is 0 Å². The minimum atomic E-state index is -0.767. The minimum Gasteiger partial charge on any atom is -0.368 e. The van der Waals surface area contributed by atoms with Crippen LogP contribution < -0.4 is 11.1 Å². The van der Waals surface area contributed by atoms with E-state index in [-0.39, 0.29) is 5.91 Å². The number of nitrogens with two attached hydrogens (primary N) is 1. The highest BCUT2D eigenvalue weighted by Gasteiger charge is 2.35. The molecule has 0 aromatic heterocycles. The first-order chi connectivity index (χ1) is 8.53. The van der Waals surface area contributed by atoms with Crippen LogP contribution in [0.25, 0.3) is 0 Å². The molecule has 1 atom stereocenters. The fourth-order valence-electron chi connectivity index (χ4n) is 2.05. The highest BCUT2D eigenvalue weighted by molar-refractivity contribution is 5.86. The van der Waals surface area contributed by atoms with Crippen LogP contribution in [0.1, 0.15) is 18.9 Å². The van der Waals surface area contributed by atoms with Gasteiger partial charge in [-0.1, -0.05) is 37.3 Å². The van der Waals surface area contributed by atoms with Crippen LogP contribution in [0.2, 0.25) is 0 Å². The Balaban J connectivity index is 2.92. The molecule has 1 unspecified atom stereocenters. The molecule has 1 aromatic rings. The van der Waals surface area contributed by atoms with Crippen molar-refractivity contribution < 1.29 is 4.79 Å². The van der Waals surface area contributed by atoms with E-state index in [0.29, 0.717) is 6.42 Å². The lowest BCUT2D eigenvalue weighted by Crippen LogP contribution is -2.53. The van der Waals surface area contributed by atoms with Crippen LogP contribution in [0.15, 0.2) is 30.3 Å². The molecular weight excluding hydrogens is 226 g/mol. The maximum atomic E-state index is 11.9. The van der Waals surface area contributed by atoms with Crippen molar-refractivity contribution in [1.29, 1.82) is 0 Å². The van der Waals surface area contributed by atoms with Crippen LogP contribution in [0.3, 0.4) is 0 Å². The van der Waals surface area contributed by atoms with E-state index in [4.69, 9.17) is 5.73 Å². The van der Waals surface area contributed by atoms with E-state index in [1.807, 2.05) is 51.4 Å². The second kappa shape index (κ2) is 6.52. The molecule has 0 aliphatic carbocycles. The molecule has 1 rings (SSSR count). The van der Waals surface area contributed by atoms with Crippen LogP contribution in [-0.4, -0.2) is 38.0 Å². The number of nitrogens with zero attached hydrogens (tertiary/aromatic N) is 1. The Morgan fingerprint density at radius 3 is 2.39 bits per heavy atom. The van der Waals surface area contributed by atoms with Gasteiger partial charge in [-0.3, -0.25) is 10.1 Å². The number of amides is 1. The van der Waals surface area contributed by atoms with E-state index >= 15 is 0 Å². The van der Waals surface area contributed by atoms with Crippen molar-refractivity contribution in [2.45, 2.75) is 18.9 Å². The van der Waals surface area contributed by atoms with Gasteiger partial charge < -0.3 is 10.6 Å². The SMILES string of the molecule is CCC(NCCN(C)C)(C(N)=O)c1ccccc1. The predicted octanol–water partition coefficient (Wildman–Crippen LogP) is 0.928. The summed E-state index contributed by atoms with van der Waals surface area (Å²) in [6.07, 6.45) is 0.639. The third-order valence-electron chi connectivity index (χ3n) is 3.20. The van der Waals surface area contributed by atoms with E-state index in [0.717, 1.165) is 18.7 Å². The third-order valence-corrected chi connectivity index (χ3v) is 3.20. The molecular formula is C14H23N3O. The largest absolute Gasteiger partial charge is 0.368 e. The number of benzene rings is 1. The summed E-state index contributed by atoms with van der Waals surface area (Å²) < 4.78 is 0. The molecule has 0 spiro atoms. The van der Waals surface area contributed by atoms with Crippen molar-refractivity contribution in [3.63, 3.8) is 0 Å². The number of hydrogen-bond acceptors (Lipinski definition) is 3. The molecule has 0 saturated heterocycles. The third kappa shape index (κ3) is 3.31. The fourth-order valence-corrected chi connectivity index (χ4v) is 2.05. The summed E-state index contributed by atoms with van der Waals surface area (Å²) >= 11 is 0. The first-order valence-electron chi connectivity index (χ1n) is 6.28. The standard InChI is InChI=1S/C14H23N3O/c1-4-14(13(15)18,16-10-11-17(2)3)12-8-6-5-7-9-12/h5-9,16H,4,10-11H2,1-3H3,(H2,15,18). The average Bonchev–Trinajstić information content (AvgIpc) is 2.35. The van der Waals surface area contributed by atoms with E-state index < -0.39 is 5.54 Å². The van der Waals surface area contributed by atoms with Gasteiger partial charge in [0.1, 0.15) is 5.54 Å². The molecule has 0 aliphatic rings. The Hall–Kier alpha value is -1.39.